The molecule has 3 heterocycles. The molecule has 1 amide bonds. The highest BCUT2D eigenvalue weighted by molar-refractivity contribution is 5.87. The Morgan fingerprint density at radius 2 is 1.92 bits per heavy atom. The molecule has 1 saturated heterocycles. The van der Waals surface area contributed by atoms with Crippen molar-refractivity contribution in [3.63, 3.8) is 0 Å². The second-order valence-corrected chi connectivity index (χ2v) is 9.32. The average molecular weight is 517 g/mol. The summed E-state index contributed by atoms with van der Waals surface area (Å²) in [5.74, 6) is 1.44. The lowest BCUT2D eigenvalue weighted by atomic mass is 10.1. The number of halogens is 1. The summed E-state index contributed by atoms with van der Waals surface area (Å²) in [6, 6.07) is 12.0. The largest absolute Gasteiger partial charge is 0.494 e. The van der Waals surface area contributed by atoms with Crippen LogP contribution in [-0.2, 0) is 4.79 Å². The number of nitrogens with zero attached hydrogens (tertiary/aromatic N) is 4. The van der Waals surface area contributed by atoms with E-state index in [1.54, 1.807) is 41.6 Å². The number of carbonyl (C=O) groups is 1. The number of ether oxygens (including phenoxy) is 3. The van der Waals surface area contributed by atoms with Crippen LogP contribution in [0.15, 0.2) is 67.5 Å². The van der Waals surface area contributed by atoms with Crippen molar-refractivity contribution in [2.24, 2.45) is 0 Å². The van der Waals surface area contributed by atoms with E-state index >= 15 is 0 Å². The lowest BCUT2D eigenvalue weighted by Crippen LogP contribution is -2.26. The molecule has 0 bridgehead atoms. The summed E-state index contributed by atoms with van der Waals surface area (Å²) in [6.45, 7) is 8.71. The first kappa shape index (κ1) is 25.3. The van der Waals surface area contributed by atoms with Crippen molar-refractivity contribution in [3.05, 3.63) is 79.2 Å². The minimum atomic E-state index is -0.562. The minimum absolute atomic E-state index is 0.0238. The van der Waals surface area contributed by atoms with Gasteiger partial charge in [0, 0.05) is 24.6 Å². The van der Waals surface area contributed by atoms with Crippen LogP contribution in [0.4, 0.5) is 4.39 Å². The number of rotatable bonds is 8. The van der Waals surface area contributed by atoms with Gasteiger partial charge in [0.2, 0.25) is 17.6 Å². The van der Waals surface area contributed by atoms with Gasteiger partial charge in [0.15, 0.2) is 11.5 Å². The molecule has 1 atom stereocenters. The fourth-order valence-corrected chi connectivity index (χ4v) is 4.68. The standard InChI is InChI=1S/C29H29FN4O4/c1-5-25(35)33-14-13-20(17-33)29-32-28(22-15-31-16-26(34(22)29)37-18(2)3)19-9-11-21(12-10-19)38-24-8-6-7-23(36-4)27(24)30/h5-12,15-16,18,20H,1,13-14,17H2,2-4H3/t20-/m1/s1. The van der Waals surface area contributed by atoms with E-state index in [0.717, 1.165) is 29.0 Å². The Kier molecular flexibility index (Phi) is 7.00. The van der Waals surface area contributed by atoms with Gasteiger partial charge in [-0.05, 0) is 62.7 Å². The van der Waals surface area contributed by atoms with Gasteiger partial charge in [0.1, 0.15) is 11.6 Å². The number of amides is 1. The summed E-state index contributed by atoms with van der Waals surface area (Å²) >= 11 is 0. The van der Waals surface area contributed by atoms with Gasteiger partial charge in [-0.15, -0.1) is 0 Å². The fraction of sp³-hybridized carbons (Fsp3) is 0.276. The average Bonchev–Trinajstić information content (AvgIpc) is 3.56. The molecule has 4 aromatic rings. The number of hydrogen-bond donors (Lipinski definition) is 0. The molecule has 0 saturated carbocycles. The monoisotopic (exact) mass is 516 g/mol. The number of methoxy groups -OCH3 is 1. The zero-order valence-electron chi connectivity index (χ0n) is 21.6. The summed E-state index contributed by atoms with van der Waals surface area (Å²) in [5.41, 5.74) is 2.36. The van der Waals surface area contributed by atoms with Crippen LogP contribution in [0.25, 0.3) is 16.8 Å². The molecule has 2 aromatic carbocycles. The summed E-state index contributed by atoms with van der Waals surface area (Å²) in [5, 5.41) is 0. The molecular formula is C29H29FN4O4. The van der Waals surface area contributed by atoms with Crippen LogP contribution in [0.5, 0.6) is 23.1 Å². The third-order valence-corrected chi connectivity index (χ3v) is 6.44. The van der Waals surface area contributed by atoms with Gasteiger partial charge in [0.05, 0.1) is 36.8 Å². The quantitative estimate of drug-likeness (QED) is 0.283. The van der Waals surface area contributed by atoms with Crippen LogP contribution in [0.1, 0.15) is 32.0 Å². The first-order chi connectivity index (χ1) is 18.4. The topological polar surface area (TPSA) is 78.2 Å². The van der Waals surface area contributed by atoms with Crippen LogP contribution in [0, 0.1) is 5.82 Å². The van der Waals surface area contributed by atoms with Gasteiger partial charge >= 0.3 is 0 Å². The second-order valence-electron chi connectivity index (χ2n) is 9.32. The number of likely N-dealkylation sites (tertiary alicyclic amines) is 1. The summed E-state index contributed by atoms with van der Waals surface area (Å²) in [7, 11) is 1.41. The van der Waals surface area contributed by atoms with Crippen molar-refractivity contribution in [2.45, 2.75) is 32.3 Å². The van der Waals surface area contributed by atoms with Gasteiger partial charge in [0.25, 0.3) is 0 Å². The maximum Gasteiger partial charge on any atom is 0.245 e. The molecule has 196 valence electrons. The number of carbonyl (C=O) groups excluding carboxylic acids is 1. The van der Waals surface area contributed by atoms with Gasteiger partial charge in [-0.3, -0.25) is 14.2 Å². The molecular weight excluding hydrogens is 487 g/mol. The van der Waals surface area contributed by atoms with Crippen LogP contribution < -0.4 is 14.2 Å². The van der Waals surface area contributed by atoms with E-state index in [2.05, 4.69) is 11.6 Å². The molecule has 2 aromatic heterocycles. The molecule has 38 heavy (non-hydrogen) atoms. The highest BCUT2D eigenvalue weighted by Gasteiger charge is 2.31. The zero-order chi connectivity index (χ0) is 26.8. The third-order valence-electron chi connectivity index (χ3n) is 6.44. The molecule has 1 aliphatic rings. The number of imidazole rings is 1. The molecule has 0 spiro atoms. The lowest BCUT2D eigenvalue weighted by molar-refractivity contribution is -0.125. The summed E-state index contributed by atoms with van der Waals surface area (Å²) in [6.07, 6.45) is 5.51. The first-order valence-electron chi connectivity index (χ1n) is 12.4. The predicted molar refractivity (Wildman–Crippen MR) is 141 cm³/mol. The zero-order valence-corrected chi connectivity index (χ0v) is 21.6. The van der Waals surface area contributed by atoms with Crippen molar-refractivity contribution in [3.8, 4) is 34.4 Å². The van der Waals surface area contributed by atoms with Crippen LogP contribution in [-0.4, -0.2) is 51.5 Å². The van der Waals surface area contributed by atoms with Crippen molar-refractivity contribution < 1.29 is 23.4 Å². The van der Waals surface area contributed by atoms with Crippen LogP contribution >= 0.6 is 0 Å². The molecule has 8 nitrogen and oxygen atoms in total. The molecule has 1 aliphatic heterocycles. The molecule has 0 aliphatic carbocycles. The Balaban J connectivity index is 1.51. The van der Waals surface area contributed by atoms with Gasteiger partial charge in [-0.25, -0.2) is 4.98 Å². The van der Waals surface area contributed by atoms with Crippen LogP contribution in [0.2, 0.25) is 0 Å². The molecule has 0 unspecified atom stereocenters. The number of benzene rings is 2. The molecule has 0 radical (unpaired) electrons. The Hall–Kier alpha value is -4.40. The predicted octanol–water partition coefficient (Wildman–Crippen LogP) is 5.63. The maximum atomic E-state index is 14.5. The third kappa shape index (κ3) is 4.79. The number of hydrogen-bond acceptors (Lipinski definition) is 6. The van der Waals surface area contributed by atoms with Crippen molar-refractivity contribution in [1.82, 2.24) is 19.3 Å². The molecule has 1 fully saturated rings. The maximum absolute atomic E-state index is 14.5. The fourth-order valence-electron chi connectivity index (χ4n) is 4.68. The second kappa shape index (κ2) is 10.5. The first-order valence-corrected chi connectivity index (χ1v) is 12.4. The Morgan fingerprint density at radius 1 is 1.16 bits per heavy atom. The lowest BCUT2D eigenvalue weighted by Gasteiger charge is -2.16. The van der Waals surface area contributed by atoms with E-state index in [4.69, 9.17) is 19.2 Å². The van der Waals surface area contributed by atoms with Crippen molar-refractivity contribution >= 4 is 11.4 Å². The van der Waals surface area contributed by atoms with Gasteiger partial charge in [-0.2, -0.15) is 4.39 Å². The Labute approximate surface area is 220 Å². The Bertz CT molecular complexity index is 1480. The van der Waals surface area contributed by atoms with Gasteiger partial charge < -0.3 is 19.1 Å². The number of fused-ring (bicyclic) bond motifs is 1. The Morgan fingerprint density at radius 3 is 2.63 bits per heavy atom. The normalized spacial score (nSPS) is 15.2. The molecule has 9 heteroatoms. The van der Waals surface area contributed by atoms with E-state index in [0.29, 0.717) is 24.7 Å². The van der Waals surface area contributed by atoms with E-state index in [-0.39, 0.29) is 29.4 Å². The SMILES string of the molecule is C=CC(=O)N1CC[C@@H](c2nc(-c3ccc(Oc4cccc(OC)c4F)cc3)c3cncc(OC(C)C)n23)C1. The minimum Gasteiger partial charge on any atom is -0.494 e. The highest BCUT2D eigenvalue weighted by atomic mass is 19.1. The van der Waals surface area contributed by atoms with Crippen molar-refractivity contribution in [1.29, 1.82) is 0 Å². The molecule has 0 N–H and O–H groups in total. The smallest absolute Gasteiger partial charge is 0.245 e. The van der Waals surface area contributed by atoms with E-state index in [1.165, 1.54) is 19.3 Å². The number of aromatic nitrogens is 3. The summed E-state index contributed by atoms with van der Waals surface area (Å²) in [4.78, 5) is 23.4. The highest BCUT2D eigenvalue weighted by Crippen LogP contribution is 2.36. The van der Waals surface area contributed by atoms with Crippen molar-refractivity contribution in [2.75, 3.05) is 20.2 Å². The molecule has 5 rings (SSSR count). The van der Waals surface area contributed by atoms with Gasteiger partial charge in [-0.1, -0.05) is 12.6 Å². The van der Waals surface area contributed by atoms with E-state index in [1.807, 2.05) is 30.4 Å². The summed E-state index contributed by atoms with van der Waals surface area (Å²) < 4.78 is 33.4. The van der Waals surface area contributed by atoms with Crippen LogP contribution in [0.3, 0.4) is 0 Å². The van der Waals surface area contributed by atoms with E-state index < -0.39 is 5.82 Å². The van der Waals surface area contributed by atoms with E-state index in [9.17, 15) is 9.18 Å².